The van der Waals surface area contributed by atoms with Crippen molar-refractivity contribution in [2.45, 2.75) is 13.8 Å². The van der Waals surface area contributed by atoms with Crippen molar-refractivity contribution >= 4 is 28.2 Å². The van der Waals surface area contributed by atoms with Gasteiger partial charge in [0.15, 0.2) is 5.13 Å². The van der Waals surface area contributed by atoms with Crippen molar-refractivity contribution in [1.82, 2.24) is 9.97 Å². The lowest BCUT2D eigenvalue weighted by Crippen LogP contribution is -2.16. The van der Waals surface area contributed by atoms with Gasteiger partial charge in [0.25, 0.3) is 5.91 Å². The Kier molecular flexibility index (Phi) is 4.06. The number of thiazole rings is 1. The van der Waals surface area contributed by atoms with Gasteiger partial charge in [-0.2, -0.15) is 0 Å². The normalized spacial score (nSPS) is 10.3. The van der Waals surface area contributed by atoms with Crippen LogP contribution in [-0.2, 0) is 0 Å². The summed E-state index contributed by atoms with van der Waals surface area (Å²) in [4.78, 5) is 20.1. The third-order valence-electron chi connectivity index (χ3n) is 2.28. The third-order valence-corrected chi connectivity index (χ3v) is 3.16. The Hall–Kier alpha value is -2.02. The van der Waals surface area contributed by atoms with E-state index in [4.69, 9.17) is 0 Å². The molecule has 2 aromatic heterocycles. The summed E-state index contributed by atoms with van der Waals surface area (Å²) < 4.78 is 13.2. The van der Waals surface area contributed by atoms with Gasteiger partial charge >= 0.3 is 0 Å². The maximum atomic E-state index is 13.2. The van der Waals surface area contributed by atoms with E-state index >= 15 is 0 Å². The molecule has 0 aliphatic rings. The number of amides is 1. The van der Waals surface area contributed by atoms with Crippen molar-refractivity contribution in [2.24, 2.45) is 0 Å². The van der Waals surface area contributed by atoms with Crippen LogP contribution in [-0.4, -0.2) is 22.4 Å². The van der Waals surface area contributed by atoms with Crippen LogP contribution in [0.5, 0.6) is 0 Å². The summed E-state index contributed by atoms with van der Waals surface area (Å²) in [5.74, 6) is -0.630. The van der Waals surface area contributed by atoms with Crippen LogP contribution >= 0.6 is 11.3 Å². The Morgan fingerprint density at radius 2 is 2.32 bits per heavy atom. The van der Waals surface area contributed by atoms with Crippen LogP contribution in [0.25, 0.3) is 0 Å². The average Bonchev–Trinajstić information content (AvgIpc) is 2.77. The van der Waals surface area contributed by atoms with Crippen molar-refractivity contribution in [3.05, 3.63) is 34.7 Å². The zero-order valence-corrected chi connectivity index (χ0v) is 11.3. The Bertz CT molecular complexity index is 599. The lowest BCUT2D eigenvalue weighted by molar-refractivity contribution is 0.102. The SMILES string of the molecule is CCNc1ncc(F)cc1C(=O)Nc1nc(C)cs1. The summed E-state index contributed by atoms with van der Waals surface area (Å²) >= 11 is 1.32. The van der Waals surface area contributed by atoms with Gasteiger partial charge < -0.3 is 5.32 Å². The number of carbonyl (C=O) groups excluding carboxylic acids is 1. The first-order valence-electron chi connectivity index (χ1n) is 5.73. The summed E-state index contributed by atoms with van der Waals surface area (Å²) in [6.07, 6.45) is 1.07. The monoisotopic (exact) mass is 280 g/mol. The molecule has 1 amide bonds. The van der Waals surface area contributed by atoms with Crippen LogP contribution in [0.3, 0.4) is 0 Å². The maximum Gasteiger partial charge on any atom is 0.261 e. The highest BCUT2D eigenvalue weighted by Gasteiger charge is 2.15. The topological polar surface area (TPSA) is 66.9 Å². The van der Waals surface area contributed by atoms with Gasteiger partial charge in [0.2, 0.25) is 0 Å². The van der Waals surface area contributed by atoms with Crippen LogP contribution in [0.15, 0.2) is 17.6 Å². The highest BCUT2D eigenvalue weighted by atomic mass is 32.1. The van der Waals surface area contributed by atoms with Crippen LogP contribution in [0, 0.1) is 12.7 Å². The van der Waals surface area contributed by atoms with Crippen molar-refractivity contribution in [3.8, 4) is 0 Å². The minimum Gasteiger partial charge on any atom is -0.370 e. The van der Waals surface area contributed by atoms with E-state index in [9.17, 15) is 9.18 Å². The summed E-state index contributed by atoms with van der Waals surface area (Å²) in [5.41, 5.74) is 0.985. The Morgan fingerprint density at radius 1 is 1.53 bits per heavy atom. The Balaban J connectivity index is 2.24. The predicted molar refractivity (Wildman–Crippen MR) is 73.2 cm³/mol. The molecule has 2 aromatic rings. The maximum absolute atomic E-state index is 13.2. The van der Waals surface area contributed by atoms with Crippen molar-refractivity contribution in [1.29, 1.82) is 0 Å². The van der Waals surface area contributed by atoms with Crippen molar-refractivity contribution < 1.29 is 9.18 Å². The summed E-state index contributed by atoms with van der Waals surface area (Å²) in [6, 6.07) is 1.15. The second-order valence-corrected chi connectivity index (χ2v) is 4.69. The predicted octanol–water partition coefficient (Wildman–Crippen LogP) is 2.67. The second kappa shape index (κ2) is 5.75. The number of nitrogens with one attached hydrogen (secondary N) is 2. The zero-order valence-electron chi connectivity index (χ0n) is 10.5. The molecule has 100 valence electrons. The smallest absolute Gasteiger partial charge is 0.261 e. The number of pyridine rings is 1. The number of carbonyl (C=O) groups is 1. The molecule has 0 aliphatic carbocycles. The fraction of sp³-hybridized carbons (Fsp3) is 0.250. The number of rotatable bonds is 4. The average molecular weight is 280 g/mol. The fourth-order valence-electron chi connectivity index (χ4n) is 1.50. The molecule has 0 bridgehead atoms. The molecule has 0 radical (unpaired) electrons. The van der Waals surface area contributed by atoms with Crippen molar-refractivity contribution in [3.63, 3.8) is 0 Å². The number of nitrogens with zero attached hydrogens (tertiary/aromatic N) is 2. The molecule has 2 N–H and O–H groups in total. The van der Waals surface area contributed by atoms with Gasteiger partial charge in [0.1, 0.15) is 11.6 Å². The van der Waals surface area contributed by atoms with E-state index in [0.29, 0.717) is 17.5 Å². The minimum atomic E-state index is -0.554. The highest BCUT2D eigenvalue weighted by Crippen LogP contribution is 2.19. The quantitative estimate of drug-likeness (QED) is 0.903. The molecule has 19 heavy (non-hydrogen) atoms. The van der Waals surface area contributed by atoms with Gasteiger partial charge in [-0.25, -0.2) is 14.4 Å². The summed E-state index contributed by atoms with van der Waals surface area (Å²) in [6.45, 7) is 4.30. The van der Waals surface area contributed by atoms with Crippen molar-refractivity contribution in [2.75, 3.05) is 17.2 Å². The van der Waals surface area contributed by atoms with Gasteiger partial charge in [-0.15, -0.1) is 11.3 Å². The molecule has 0 saturated heterocycles. The van der Waals surface area contributed by atoms with Gasteiger partial charge in [0.05, 0.1) is 17.5 Å². The lowest BCUT2D eigenvalue weighted by atomic mass is 10.2. The van der Waals surface area contributed by atoms with E-state index in [0.717, 1.165) is 18.0 Å². The van der Waals surface area contributed by atoms with Crippen LogP contribution in [0.1, 0.15) is 23.0 Å². The summed E-state index contributed by atoms with van der Waals surface area (Å²) in [5, 5.41) is 7.85. The molecule has 2 heterocycles. The van der Waals surface area contributed by atoms with E-state index in [-0.39, 0.29) is 5.56 Å². The Labute approximate surface area is 113 Å². The van der Waals surface area contributed by atoms with Crippen LogP contribution < -0.4 is 10.6 Å². The van der Waals surface area contributed by atoms with Gasteiger partial charge in [-0.05, 0) is 19.9 Å². The molecule has 0 unspecified atom stereocenters. The van der Waals surface area contributed by atoms with E-state index in [1.807, 2.05) is 19.2 Å². The number of aromatic nitrogens is 2. The first-order chi connectivity index (χ1) is 9.10. The first-order valence-corrected chi connectivity index (χ1v) is 6.61. The lowest BCUT2D eigenvalue weighted by Gasteiger charge is -2.08. The van der Waals surface area contributed by atoms with Gasteiger partial charge in [-0.1, -0.05) is 0 Å². The molecular formula is C12H13FN4OS. The molecule has 0 fully saturated rings. The minimum absolute atomic E-state index is 0.162. The number of anilines is 2. The molecule has 0 saturated carbocycles. The molecule has 0 atom stereocenters. The number of hydrogen-bond acceptors (Lipinski definition) is 5. The third kappa shape index (κ3) is 3.25. The van der Waals surface area contributed by atoms with E-state index < -0.39 is 11.7 Å². The van der Waals surface area contributed by atoms with Gasteiger partial charge in [-0.3, -0.25) is 10.1 Å². The molecule has 0 spiro atoms. The molecule has 0 aromatic carbocycles. The molecule has 5 nitrogen and oxygen atoms in total. The molecule has 7 heteroatoms. The van der Waals surface area contributed by atoms with Crippen LogP contribution in [0.2, 0.25) is 0 Å². The molecule has 2 rings (SSSR count). The fourth-order valence-corrected chi connectivity index (χ4v) is 2.18. The second-order valence-electron chi connectivity index (χ2n) is 3.83. The summed E-state index contributed by atoms with van der Waals surface area (Å²) in [7, 11) is 0. The Morgan fingerprint density at radius 3 is 2.95 bits per heavy atom. The van der Waals surface area contributed by atoms with E-state index in [1.165, 1.54) is 11.3 Å². The van der Waals surface area contributed by atoms with Crippen LogP contribution in [0.4, 0.5) is 15.3 Å². The largest absolute Gasteiger partial charge is 0.370 e. The zero-order chi connectivity index (χ0) is 13.8. The number of hydrogen-bond donors (Lipinski definition) is 2. The number of aryl methyl sites for hydroxylation is 1. The highest BCUT2D eigenvalue weighted by molar-refractivity contribution is 7.13. The van der Waals surface area contributed by atoms with E-state index in [1.54, 1.807) is 0 Å². The van der Waals surface area contributed by atoms with E-state index in [2.05, 4.69) is 20.6 Å². The molecular weight excluding hydrogens is 267 g/mol. The first kappa shape index (κ1) is 13.4. The molecule has 0 aliphatic heterocycles. The number of halogens is 1. The standard InChI is InChI=1S/C12H13FN4OS/c1-3-14-10-9(4-8(13)5-15-10)11(18)17-12-16-7(2)6-19-12/h4-6H,3H2,1-2H3,(H,14,15)(H,16,17,18). The van der Waals surface area contributed by atoms with Gasteiger partial charge in [0, 0.05) is 11.9 Å².